The number of ether oxygens (including phenoxy) is 3. The first-order valence-electron chi connectivity index (χ1n) is 14.1. The summed E-state index contributed by atoms with van der Waals surface area (Å²) in [6, 6.07) is 34.2. The first kappa shape index (κ1) is 30.1. The van der Waals surface area contributed by atoms with Gasteiger partial charge in [0.15, 0.2) is 0 Å². The number of aliphatic hydroxyl groups is 1. The topological polar surface area (TPSA) is 85.3 Å². The van der Waals surface area contributed by atoms with Gasteiger partial charge in [0.2, 0.25) is 10.0 Å². The largest absolute Gasteiger partial charge is 0.395 e. The third-order valence-electron chi connectivity index (χ3n) is 7.49. The molecule has 0 unspecified atom stereocenters. The van der Waals surface area contributed by atoms with Crippen molar-refractivity contribution in [3.63, 3.8) is 0 Å². The molecule has 1 N–H and O–H groups in total. The standard InChI is InChI=1S/C34H37NO6S/c1-26-17-19-30(20-18-26)42(37,38)35-31(21-36)33(40-23-28-13-7-3-8-14-28)34(41-24-29-15-9-4-10-16-29)32(35)25-39-22-27-11-5-2-6-12-27/h2-20,31-34,36H,21-25H2,1H3/t31-,32-,33+,34+/m0/s1. The molecule has 0 spiro atoms. The highest BCUT2D eigenvalue weighted by Gasteiger charge is 2.55. The molecule has 4 aromatic carbocycles. The van der Waals surface area contributed by atoms with Crippen LogP contribution in [0.2, 0.25) is 0 Å². The van der Waals surface area contributed by atoms with Crippen LogP contribution in [0, 0.1) is 6.92 Å². The first-order valence-corrected chi connectivity index (χ1v) is 15.5. The van der Waals surface area contributed by atoms with E-state index >= 15 is 0 Å². The third kappa shape index (κ3) is 7.15. The number of rotatable bonds is 13. The van der Waals surface area contributed by atoms with E-state index in [9.17, 15) is 13.5 Å². The molecule has 1 saturated heterocycles. The zero-order chi connectivity index (χ0) is 29.4. The molecule has 0 amide bonds. The van der Waals surface area contributed by atoms with Gasteiger partial charge in [-0.25, -0.2) is 8.42 Å². The molecule has 1 heterocycles. The highest BCUT2D eigenvalue weighted by molar-refractivity contribution is 7.89. The summed E-state index contributed by atoms with van der Waals surface area (Å²) in [4.78, 5) is 0.144. The average molecular weight is 588 g/mol. The summed E-state index contributed by atoms with van der Waals surface area (Å²) < 4.78 is 48.9. The van der Waals surface area contributed by atoms with Gasteiger partial charge < -0.3 is 19.3 Å². The van der Waals surface area contributed by atoms with Gasteiger partial charge in [0, 0.05) is 0 Å². The van der Waals surface area contributed by atoms with Gasteiger partial charge in [-0.15, -0.1) is 0 Å². The van der Waals surface area contributed by atoms with Crippen molar-refractivity contribution in [1.29, 1.82) is 0 Å². The normalized spacial score (nSPS) is 21.0. The maximum Gasteiger partial charge on any atom is 0.243 e. The molecule has 4 atom stereocenters. The summed E-state index contributed by atoms with van der Waals surface area (Å²) in [5, 5.41) is 10.7. The van der Waals surface area contributed by atoms with Gasteiger partial charge >= 0.3 is 0 Å². The lowest BCUT2D eigenvalue weighted by Gasteiger charge is -2.29. The van der Waals surface area contributed by atoms with Crippen LogP contribution in [0.4, 0.5) is 0 Å². The van der Waals surface area contributed by atoms with E-state index in [1.807, 2.05) is 97.9 Å². The number of hydrogen-bond acceptors (Lipinski definition) is 6. The Balaban J connectivity index is 1.50. The summed E-state index contributed by atoms with van der Waals surface area (Å²) in [7, 11) is -4.06. The number of aliphatic hydroxyl groups excluding tert-OH is 1. The fourth-order valence-corrected chi connectivity index (χ4v) is 7.14. The molecule has 0 aliphatic carbocycles. The molecule has 0 saturated carbocycles. The molecule has 1 aliphatic rings. The van der Waals surface area contributed by atoms with Gasteiger partial charge in [0.1, 0.15) is 12.2 Å². The van der Waals surface area contributed by atoms with Crippen molar-refractivity contribution in [3.05, 3.63) is 138 Å². The fraction of sp³-hybridized carbons (Fsp3) is 0.294. The lowest BCUT2D eigenvalue weighted by atomic mass is 10.1. The predicted octanol–water partition coefficient (Wildman–Crippen LogP) is 5.12. The maximum absolute atomic E-state index is 14.2. The van der Waals surface area contributed by atoms with E-state index in [1.165, 1.54) is 4.31 Å². The Morgan fingerprint density at radius 2 is 1.10 bits per heavy atom. The van der Waals surface area contributed by atoms with Crippen molar-refractivity contribution in [2.45, 2.75) is 55.9 Å². The minimum Gasteiger partial charge on any atom is -0.395 e. The molecular formula is C34H37NO6S. The first-order chi connectivity index (χ1) is 20.5. The molecule has 7 nitrogen and oxygen atoms in total. The lowest BCUT2D eigenvalue weighted by molar-refractivity contribution is -0.0887. The number of hydrogen-bond donors (Lipinski definition) is 1. The van der Waals surface area contributed by atoms with E-state index < -0.39 is 40.9 Å². The van der Waals surface area contributed by atoms with Gasteiger partial charge in [-0.1, -0.05) is 109 Å². The Hall–Kier alpha value is -3.37. The second kappa shape index (κ2) is 14.2. The van der Waals surface area contributed by atoms with Crippen LogP contribution in [0.3, 0.4) is 0 Å². The maximum atomic E-state index is 14.2. The monoisotopic (exact) mass is 587 g/mol. The molecule has 1 aliphatic heterocycles. The van der Waals surface area contributed by atoms with E-state index in [0.29, 0.717) is 6.61 Å². The van der Waals surface area contributed by atoms with E-state index in [4.69, 9.17) is 14.2 Å². The smallest absolute Gasteiger partial charge is 0.243 e. The summed E-state index contributed by atoms with van der Waals surface area (Å²) in [5.74, 6) is 0. The lowest BCUT2D eigenvalue weighted by Crippen LogP contribution is -2.47. The number of nitrogens with zero attached hydrogens (tertiary/aromatic N) is 1. The SMILES string of the molecule is Cc1ccc(S(=O)(=O)N2[C@@H](CO)[C@@H](OCc3ccccc3)[C@H](OCc3ccccc3)[C@@H]2COCc2ccccc2)cc1. The van der Waals surface area contributed by atoms with E-state index in [2.05, 4.69) is 0 Å². The van der Waals surface area contributed by atoms with Crippen LogP contribution >= 0.6 is 0 Å². The van der Waals surface area contributed by atoms with Gasteiger partial charge in [-0.2, -0.15) is 4.31 Å². The van der Waals surface area contributed by atoms with Gasteiger partial charge in [0.25, 0.3) is 0 Å². The molecule has 0 radical (unpaired) electrons. The Bertz CT molecular complexity index is 1480. The number of aryl methyl sites for hydroxylation is 1. The quantitative estimate of drug-likeness (QED) is 0.234. The second-order valence-corrected chi connectivity index (χ2v) is 12.3. The molecule has 42 heavy (non-hydrogen) atoms. The zero-order valence-electron chi connectivity index (χ0n) is 23.7. The van der Waals surface area contributed by atoms with E-state index in [-0.39, 0.29) is 24.7 Å². The Labute approximate surface area is 248 Å². The minimum absolute atomic E-state index is 0.0567. The number of benzene rings is 4. The molecule has 0 bridgehead atoms. The summed E-state index contributed by atoms with van der Waals surface area (Å²) in [5.41, 5.74) is 3.81. The van der Waals surface area contributed by atoms with Crippen LogP contribution in [0.25, 0.3) is 0 Å². The van der Waals surface area contributed by atoms with Crippen LogP contribution < -0.4 is 0 Å². The van der Waals surface area contributed by atoms with Crippen molar-refractivity contribution in [1.82, 2.24) is 4.31 Å². The third-order valence-corrected chi connectivity index (χ3v) is 9.45. The molecule has 0 aromatic heterocycles. The number of sulfonamides is 1. The van der Waals surface area contributed by atoms with Crippen molar-refractivity contribution in [2.75, 3.05) is 13.2 Å². The fourth-order valence-electron chi connectivity index (χ4n) is 5.33. The summed E-state index contributed by atoms with van der Waals surface area (Å²) in [6.45, 7) is 2.32. The Kier molecular flexibility index (Phi) is 10.2. The molecule has 1 fully saturated rings. The summed E-state index contributed by atoms with van der Waals surface area (Å²) >= 11 is 0. The van der Waals surface area contributed by atoms with Gasteiger partial charge in [-0.3, -0.25) is 0 Å². The van der Waals surface area contributed by atoms with E-state index in [0.717, 1.165) is 22.3 Å². The van der Waals surface area contributed by atoms with Crippen LogP contribution in [-0.4, -0.2) is 55.3 Å². The molecule has 8 heteroatoms. The molecule has 5 rings (SSSR count). The molecule has 220 valence electrons. The minimum atomic E-state index is -4.06. The van der Waals surface area contributed by atoms with Gasteiger partial charge in [-0.05, 0) is 35.7 Å². The second-order valence-electron chi connectivity index (χ2n) is 10.5. The average Bonchev–Trinajstić information content (AvgIpc) is 3.33. The zero-order valence-corrected chi connectivity index (χ0v) is 24.5. The summed E-state index contributed by atoms with van der Waals surface area (Å²) in [6.07, 6.45) is -1.45. The van der Waals surface area contributed by atoms with E-state index in [1.54, 1.807) is 24.3 Å². The predicted molar refractivity (Wildman–Crippen MR) is 161 cm³/mol. The van der Waals surface area contributed by atoms with Crippen LogP contribution in [0.1, 0.15) is 22.3 Å². The highest BCUT2D eigenvalue weighted by atomic mass is 32.2. The molecular weight excluding hydrogens is 550 g/mol. The molecule has 4 aromatic rings. The van der Waals surface area contributed by atoms with Crippen LogP contribution in [-0.2, 0) is 44.1 Å². The Morgan fingerprint density at radius 1 is 0.643 bits per heavy atom. The van der Waals surface area contributed by atoms with Crippen LogP contribution in [0.15, 0.2) is 120 Å². The van der Waals surface area contributed by atoms with Crippen molar-refractivity contribution in [2.24, 2.45) is 0 Å². The van der Waals surface area contributed by atoms with Crippen LogP contribution in [0.5, 0.6) is 0 Å². The van der Waals surface area contributed by atoms with Crippen molar-refractivity contribution >= 4 is 10.0 Å². The van der Waals surface area contributed by atoms with Crippen molar-refractivity contribution < 1.29 is 27.7 Å². The van der Waals surface area contributed by atoms with Gasteiger partial charge in [0.05, 0.1) is 50.0 Å². The Morgan fingerprint density at radius 3 is 1.57 bits per heavy atom. The van der Waals surface area contributed by atoms with Crippen molar-refractivity contribution in [3.8, 4) is 0 Å². The highest BCUT2D eigenvalue weighted by Crippen LogP contribution is 2.36.